The predicted octanol–water partition coefficient (Wildman–Crippen LogP) is 2.05. The number of morpholine rings is 1. The van der Waals surface area contributed by atoms with Crippen LogP contribution in [0, 0.1) is 0 Å². The first-order valence-corrected chi connectivity index (χ1v) is 10.1. The Hall–Kier alpha value is -1.77. The van der Waals surface area contributed by atoms with Gasteiger partial charge in [-0.2, -0.15) is 4.98 Å². The summed E-state index contributed by atoms with van der Waals surface area (Å²) in [5, 5.41) is 5.99. The van der Waals surface area contributed by atoms with Crippen LogP contribution in [-0.2, 0) is 16.0 Å². The minimum absolute atomic E-state index is 0.191. The number of aryl methyl sites for hydroxylation is 1. The molecule has 1 amide bonds. The second-order valence-electron chi connectivity index (χ2n) is 6.79. The molecular formula is C18H24N4O3S. The van der Waals surface area contributed by atoms with Gasteiger partial charge in [-0.15, -0.1) is 11.3 Å². The van der Waals surface area contributed by atoms with Gasteiger partial charge in [-0.25, -0.2) is 0 Å². The summed E-state index contributed by atoms with van der Waals surface area (Å²) in [5.74, 6) is 1.33. The largest absolute Gasteiger partial charge is 0.379 e. The van der Waals surface area contributed by atoms with Crippen molar-refractivity contribution in [3.8, 4) is 10.7 Å². The number of ether oxygens (including phenoxy) is 1. The van der Waals surface area contributed by atoms with Gasteiger partial charge in [0.05, 0.1) is 18.1 Å². The summed E-state index contributed by atoms with van der Waals surface area (Å²) in [6.07, 6.45) is 3.10. The molecule has 140 valence electrons. The molecular weight excluding hydrogens is 352 g/mol. The molecule has 4 rings (SSSR count). The third-order valence-corrected chi connectivity index (χ3v) is 5.90. The van der Waals surface area contributed by atoms with Crippen molar-refractivity contribution >= 4 is 17.2 Å². The maximum atomic E-state index is 12.7. The summed E-state index contributed by atoms with van der Waals surface area (Å²) in [7, 11) is 0. The van der Waals surface area contributed by atoms with Crippen molar-refractivity contribution in [3.05, 3.63) is 23.4 Å². The number of rotatable bonds is 6. The van der Waals surface area contributed by atoms with Gasteiger partial charge in [-0.05, 0) is 24.3 Å². The number of thiophene rings is 1. The number of carbonyl (C=O) groups excluding carboxylic acids is 1. The maximum absolute atomic E-state index is 12.7. The lowest BCUT2D eigenvalue weighted by molar-refractivity contribution is -0.132. The van der Waals surface area contributed by atoms with Crippen molar-refractivity contribution in [2.45, 2.75) is 31.7 Å². The maximum Gasteiger partial charge on any atom is 0.227 e. The van der Waals surface area contributed by atoms with Crippen LogP contribution in [0.5, 0.6) is 0 Å². The number of hydrogen-bond acceptors (Lipinski definition) is 7. The van der Waals surface area contributed by atoms with Gasteiger partial charge in [0.15, 0.2) is 0 Å². The highest BCUT2D eigenvalue weighted by Gasteiger charge is 2.30. The lowest BCUT2D eigenvalue weighted by Crippen LogP contribution is -2.46. The van der Waals surface area contributed by atoms with Crippen molar-refractivity contribution in [2.24, 2.45) is 0 Å². The molecule has 0 aromatic carbocycles. The first kappa shape index (κ1) is 17.6. The van der Waals surface area contributed by atoms with Crippen LogP contribution in [0.1, 0.15) is 25.2 Å². The summed E-state index contributed by atoms with van der Waals surface area (Å²) >= 11 is 1.58. The first-order valence-electron chi connectivity index (χ1n) is 9.25. The Morgan fingerprint density at radius 3 is 3.00 bits per heavy atom. The van der Waals surface area contributed by atoms with Gasteiger partial charge in [0.25, 0.3) is 0 Å². The van der Waals surface area contributed by atoms with E-state index in [0.29, 0.717) is 30.6 Å². The summed E-state index contributed by atoms with van der Waals surface area (Å²) in [6.45, 7) is 5.34. The molecule has 26 heavy (non-hydrogen) atoms. The SMILES string of the molecule is O=C(CCc1nc(-c2cccs2)no1)N1CCCC1CN1CCOCC1. The summed E-state index contributed by atoms with van der Waals surface area (Å²) < 4.78 is 10.7. The topological polar surface area (TPSA) is 71.7 Å². The van der Waals surface area contributed by atoms with Crippen molar-refractivity contribution < 1.29 is 14.1 Å². The fraction of sp³-hybridized carbons (Fsp3) is 0.611. The van der Waals surface area contributed by atoms with E-state index in [1.54, 1.807) is 11.3 Å². The van der Waals surface area contributed by atoms with E-state index in [9.17, 15) is 4.79 Å². The van der Waals surface area contributed by atoms with E-state index in [0.717, 1.165) is 57.1 Å². The standard InChI is InChI=1S/C18H24N4O3S/c23-17(6-5-16-19-18(20-25-16)15-4-2-12-26-15)22-7-1-3-14(22)13-21-8-10-24-11-9-21/h2,4,12,14H,1,3,5-11,13H2. The molecule has 7 nitrogen and oxygen atoms in total. The first-order chi connectivity index (χ1) is 12.8. The molecule has 2 saturated heterocycles. The van der Waals surface area contributed by atoms with Crippen LogP contribution in [0.15, 0.2) is 22.0 Å². The van der Waals surface area contributed by atoms with Gasteiger partial charge >= 0.3 is 0 Å². The quantitative estimate of drug-likeness (QED) is 0.768. The van der Waals surface area contributed by atoms with E-state index in [2.05, 4.69) is 15.0 Å². The highest BCUT2D eigenvalue weighted by molar-refractivity contribution is 7.13. The smallest absolute Gasteiger partial charge is 0.227 e. The van der Waals surface area contributed by atoms with E-state index in [1.165, 1.54) is 0 Å². The molecule has 2 fully saturated rings. The average Bonchev–Trinajstić information content (AvgIpc) is 3.41. The summed E-state index contributed by atoms with van der Waals surface area (Å²) in [5.41, 5.74) is 0. The van der Waals surface area contributed by atoms with Crippen LogP contribution >= 0.6 is 11.3 Å². The molecule has 2 aromatic rings. The van der Waals surface area contributed by atoms with Crippen LogP contribution in [0.4, 0.5) is 0 Å². The van der Waals surface area contributed by atoms with Crippen molar-refractivity contribution in [3.63, 3.8) is 0 Å². The minimum atomic E-state index is 0.191. The van der Waals surface area contributed by atoms with Gasteiger partial charge in [0, 0.05) is 45.1 Å². The number of nitrogens with zero attached hydrogens (tertiary/aromatic N) is 4. The molecule has 0 saturated carbocycles. The van der Waals surface area contributed by atoms with E-state index in [-0.39, 0.29) is 5.91 Å². The molecule has 1 unspecified atom stereocenters. The van der Waals surface area contributed by atoms with Crippen LogP contribution < -0.4 is 0 Å². The zero-order valence-electron chi connectivity index (χ0n) is 14.8. The Labute approximate surface area is 156 Å². The lowest BCUT2D eigenvalue weighted by atomic mass is 10.2. The lowest BCUT2D eigenvalue weighted by Gasteiger charge is -2.33. The highest BCUT2D eigenvalue weighted by Crippen LogP contribution is 2.23. The van der Waals surface area contributed by atoms with E-state index >= 15 is 0 Å². The van der Waals surface area contributed by atoms with Crippen LogP contribution in [0.25, 0.3) is 10.7 Å². The second kappa shape index (κ2) is 8.28. The Balaban J connectivity index is 1.29. The zero-order chi connectivity index (χ0) is 17.8. The molecule has 4 heterocycles. The molecule has 2 aliphatic heterocycles. The number of aromatic nitrogens is 2. The van der Waals surface area contributed by atoms with Gasteiger partial charge < -0.3 is 14.2 Å². The molecule has 0 aliphatic carbocycles. The van der Waals surface area contributed by atoms with Crippen molar-refractivity contribution in [1.29, 1.82) is 0 Å². The average molecular weight is 376 g/mol. The summed E-state index contributed by atoms with van der Waals surface area (Å²) in [4.78, 5) is 22.5. The Morgan fingerprint density at radius 1 is 1.31 bits per heavy atom. The molecule has 0 spiro atoms. The Bertz CT molecular complexity index is 712. The zero-order valence-corrected chi connectivity index (χ0v) is 15.6. The Morgan fingerprint density at radius 2 is 2.19 bits per heavy atom. The van der Waals surface area contributed by atoms with Crippen LogP contribution in [-0.4, -0.2) is 71.3 Å². The van der Waals surface area contributed by atoms with E-state index in [1.807, 2.05) is 22.4 Å². The molecule has 0 bridgehead atoms. The van der Waals surface area contributed by atoms with Gasteiger partial charge in [-0.1, -0.05) is 11.2 Å². The number of carbonyl (C=O) groups is 1. The third-order valence-electron chi connectivity index (χ3n) is 5.03. The fourth-order valence-corrected chi connectivity index (χ4v) is 4.30. The molecule has 2 aromatic heterocycles. The van der Waals surface area contributed by atoms with Crippen molar-refractivity contribution in [2.75, 3.05) is 39.4 Å². The van der Waals surface area contributed by atoms with Gasteiger partial charge in [0.2, 0.25) is 17.6 Å². The number of amides is 1. The van der Waals surface area contributed by atoms with E-state index < -0.39 is 0 Å². The highest BCUT2D eigenvalue weighted by atomic mass is 32.1. The molecule has 2 aliphatic rings. The molecule has 8 heteroatoms. The monoisotopic (exact) mass is 376 g/mol. The number of hydrogen-bond donors (Lipinski definition) is 0. The van der Waals surface area contributed by atoms with Crippen LogP contribution in [0.2, 0.25) is 0 Å². The van der Waals surface area contributed by atoms with Gasteiger partial charge in [0.1, 0.15) is 0 Å². The molecule has 0 radical (unpaired) electrons. The second-order valence-corrected chi connectivity index (χ2v) is 7.73. The molecule has 1 atom stereocenters. The van der Waals surface area contributed by atoms with Crippen LogP contribution in [0.3, 0.4) is 0 Å². The number of likely N-dealkylation sites (tertiary alicyclic amines) is 1. The third kappa shape index (κ3) is 4.13. The van der Waals surface area contributed by atoms with E-state index in [4.69, 9.17) is 9.26 Å². The van der Waals surface area contributed by atoms with Crippen molar-refractivity contribution in [1.82, 2.24) is 19.9 Å². The Kier molecular flexibility index (Phi) is 5.62. The normalized spacial score (nSPS) is 21.4. The summed E-state index contributed by atoms with van der Waals surface area (Å²) in [6, 6.07) is 4.25. The van der Waals surface area contributed by atoms with Gasteiger partial charge in [-0.3, -0.25) is 9.69 Å². The predicted molar refractivity (Wildman–Crippen MR) is 97.9 cm³/mol. The molecule has 0 N–H and O–H groups in total. The fourth-order valence-electron chi connectivity index (χ4n) is 3.66. The minimum Gasteiger partial charge on any atom is -0.379 e.